The van der Waals surface area contributed by atoms with Crippen molar-refractivity contribution >= 4 is 11.9 Å². The number of carbonyl (C=O) groups is 2. The molecule has 0 aliphatic heterocycles. The standard InChI is InChI=1S/C20H34O4/c1-7-20(6,18(22)24-19(3,4)5)12-13(2)17(21)23-16-11-14-8-9-15(16)10-14/h13-16H,7-12H2,1-6H3. The Labute approximate surface area is 146 Å². The van der Waals surface area contributed by atoms with Crippen LogP contribution >= 0.6 is 0 Å². The highest BCUT2D eigenvalue weighted by Crippen LogP contribution is 2.46. The van der Waals surface area contributed by atoms with E-state index < -0.39 is 11.0 Å². The molecule has 0 saturated heterocycles. The first-order valence-electron chi connectivity index (χ1n) is 9.48. The summed E-state index contributed by atoms with van der Waals surface area (Å²) < 4.78 is 11.3. The van der Waals surface area contributed by atoms with E-state index in [-0.39, 0.29) is 24.0 Å². The van der Waals surface area contributed by atoms with E-state index in [1.54, 1.807) is 0 Å². The average Bonchev–Trinajstić information content (AvgIpc) is 3.07. The molecule has 138 valence electrons. The first-order valence-corrected chi connectivity index (χ1v) is 9.48. The van der Waals surface area contributed by atoms with Gasteiger partial charge in [0, 0.05) is 0 Å². The van der Waals surface area contributed by atoms with Crippen molar-refractivity contribution in [1.82, 2.24) is 0 Å². The quantitative estimate of drug-likeness (QED) is 0.669. The van der Waals surface area contributed by atoms with E-state index in [2.05, 4.69) is 0 Å². The highest BCUT2D eigenvalue weighted by molar-refractivity contribution is 5.79. The normalized spacial score (nSPS) is 29.8. The van der Waals surface area contributed by atoms with Gasteiger partial charge >= 0.3 is 11.9 Å². The van der Waals surface area contributed by atoms with Crippen LogP contribution in [0.5, 0.6) is 0 Å². The Bertz CT molecular complexity index is 479. The Morgan fingerprint density at radius 1 is 1.12 bits per heavy atom. The fraction of sp³-hybridized carbons (Fsp3) is 0.900. The number of fused-ring (bicyclic) bond motifs is 2. The monoisotopic (exact) mass is 338 g/mol. The van der Waals surface area contributed by atoms with E-state index in [0.29, 0.717) is 18.8 Å². The predicted molar refractivity (Wildman–Crippen MR) is 93.4 cm³/mol. The number of carbonyl (C=O) groups excluding carboxylic acids is 2. The molecule has 24 heavy (non-hydrogen) atoms. The van der Waals surface area contributed by atoms with Crippen LogP contribution in [0, 0.1) is 23.2 Å². The van der Waals surface area contributed by atoms with Gasteiger partial charge in [0.2, 0.25) is 0 Å². The molecule has 5 unspecified atom stereocenters. The van der Waals surface area contributed by atoms with Gasteiger partial charge in [-0.15, -0.1) is 0 Å². The third-order valence-electron chi connectivity index (χ3n) is 5.77. The molecule has 0 N–H and O–H groups in total. The minimum atomic E-state index is -0.652. The molecule has 0 aromatic rings. The van der Waals surface area contributed by atoms with E-state index in [4.69, 9.17) is 9.47 Å². The second-order valence-corrected chi connectivity index (χ2v) is 9.17. The zero-order chi connectivity index (χ0) is 18.1. The van der Waals surface area contributed by atoms with Gasteiger partial charge in [0.15, 0.2) is 0 Å². The molecule has 4 heteroatoms. The van der Waals surface area contributed by atoms with E-state index in [9.17, 15) is 9.59 Å². The van der Waals surface area contributed by atoms with Gasteiger partial charge in [-0.1, -0.05) is 13.8 Å². The third kappa shape index (κ3) is 4.52. The lowest BCUT2D eigenvalue weighted by molar-refractivity contribution is -0.169. The van der Waals surface area contributed by atoms with Gasteiger partial charge in [-0.25, -0.2) is 0 Å². The minimum absolute atomic E-state index is 0.105. The summed E-state index contributed by atoms with van der Waals surface area (Å²) in [4.78, 5) is 25.0. The van der Waals surface area contributed by atoms with Crippen molar-refractivity contribution in [3.63, 3.8) is 0 Å². The van der Waals surface area contributed by atoms with Gasteiger partial charge in [-0.05, 0) is 78.1 Å². The highest BCUT2D eigenvalue weighted by Gasteiger charge is 2.43. The van der Waals surface area contributed by atoms with Crippen LogP contribution in [-0.2, 0) is 19.1 Å². The second kappa shape index (κ2) is 7.05. The Kier molecular flexibility index (Phi) is 5.66. The summed E-state index contributed by atoms with van der Waals surface area (Å²) in [5.74, 6) is 0.648. The summed E-state index contributed by atoms with van der Waals surface area (Å²) in [6.07, 6.45) is 5.96. The van der Waals surface area contributed by atoms with Gasteiger partial charge in [0.1, 0.15) is 11.7 Å². The van der Waals surface area contributed by atoms with Crippen LogP contribution in [0.25, 0.3) is 0 Å². The lowest BCUT2D eigenvalue weighted by Crippen LogP contribution is -2.38. The van der Waals surface area contributed by atoms with Crippen molar-refractivity contribution in [2.45, 2.75) is 91.8 Å². The second-order valence-electron chi connectivity index (χ2n) is 9.17. The molecule has 2 bridgehead atoms. The minimum Gasteiger partial charge on any atom is -0.462 e. The molecular weight excluding hydrogens is 304 g/mol. The molecule has 0 spiro atoms. The van der Waals surface area contributed by atoms with E-state index >= 15 is 0 Å². The van der Waals surface area contributed by atoms with Crippen molar-refractivity contribution in [3.05, 3.63) is 0 Å². The smallest absolute Gasteiger partial charge is 0.312 e. The Morgan fingerprint density at radius 3 is 2.25 bits per heavy atom. The van der Waals surface area contributed by atoms with Gasteiger partial charge in [0.25, 0.3) is 0 Å². The van der Waals surface area contributed by atoms with Gasteiger partial charge in [-0.2, -0.15) is 0 Å². The number of hydrogen-bond acceptors (Lipinski definition) is 4. The molecule has 2 aliphatic rings. The molecule has 0 aromatic heterocycles. The maximum atomic E-state index is 12.5. The summed E-state index contributed by atoms with van der Waals surface area (Å²) in [6, 6.07) is 0. The fourth-order valence-electron chi connectivity index (χ4n) is 4.13. The molecule has 0 heterocycles. The topological polar surface area (TPSA) is 52.6 Å². The van der Waals surface area contributed by atoms with E-state index in [1.165, 1.54) is 19.3 Å². The maximum absolute atomic E-state index is 12.5. The third-order valence-corrected chi connectivity index (χ3v) is 5.77. The van der Waals surface area contributed by atoms with E-state index in [1.807, 2.05) is 41.5 Å². The van der Waals surface area contributed by atoms with Crippen LogP contribution in [-0.4, -0.2) is 23.6 Å². The Balaban J connectivity index is 1.91. The molecule has 2 saturated carbocycles. The summed E-state index contributed by atoms with van der Waals surface area (Å²) in [5, 5.41) is 0. The van der Waals surface area contributed by atoms with Crippen LogP contribution in [0.3, 0.4) is 0 Å². The molecule has 0 amide bonds. The number of esters is 2. The lowest BCUT2D eigenvalue weighted by atomic mass is 9.79. The Morgan fingerprint density at radius 2 is 1.79 bits per heavy atom. The van der Waals surface area contributed by atoms with Gasteiger partial charge < -0.3 is 9.47 Å². The van der Waals surface area contributed by atoms with Crippen LogP contribution < -0.4 is 0 Å². The molecular formula is C20H34O4. The van der Waals surface area contributed by atoms with Crippen molar-refractivity contribution in [1.29, 1.82) is 0 Å². The van der Waals surface area contributed by atoms with Crippen LogP contribution in [0.1, 0.15) is 80.1 Å². The largest absolute Gasteiger partial charge is 0.462 e. The highest BCUT2D eigenvalue weighted by atomic mass is 16.6. The average molecular weight is 338 g/mol. The molecule has 4 nitrogen and oxygen atoms in total. The summed E-state index contributed by atoms with van der Waals surface area (Å²) in [7, 11) is 0. The van der Waals surface area contributed by atoms with Crippen molar-refractivity contribution in [2.75, 3.05) is 0 Å². The molecule has 2 fully saturated rings. The Hall–Kier alpha value is -1.06. The predicted octanol–water partition coefficient (Wildman–Crippen LogP) is 4.50. The van der Waals surface area contributed by atoms with Crippen LogP contribution in [0.4, 0.5) is 0 Å². The lowest BCUT2D eigenvalue weighted by Gasteiger charge is -2.32. The van der Waals surface area contributed by atoms with Crippen molar-refractivity contribution in [2.24, 2.45) is 23.2 Å². The first-order chi connectivity index (χ1) is 11.0. The summed E-state index contributed by atoms with van der Waals surface area (Å²) in [6.45, 7) is 11.3. The van der Waals surface area contributed by atoms with Gasteiger partial charge in [0.05, 0.1) is 11.3 Å². The van der Waals surface area contributed by atoms with Crippen molar-refractivity contribution < 1.29 is 19.1 Å². The zero-order valence-corrected chi connectivity index (χ0v) is 16.2. The molecule has 0 radical (unpaired) electrons. The van der Waals surface area contributed by atoms with E-state index in [0.717, 1.165) is 12.3 Å². The number of hydrogen-bond donors (Lipinski definition) is 0. The van der Waals surface area contributed by atoms with Crippen molar-refractivity contribution in [3.8, 4) is 0 Å². The molecule has 2 aliphatic carbocycles. The van der Waals surface area contributed by atoms with Crippen LogP contribution in [0.2, 0.25) is 0 Å². The SMILES string of the molecule is CCC(C)(CC(C)C(=O)OC1CC2CCC1C2)C(=O)OC(C)(C)C. The van der Waals surface area contributed by atoms with Gasteiger partial charge in [-0.3, -0.25) is 9.59 Å². The fourth-order valence-corrected chi connectivity index (χ4v) is 4.13. The van der Waals surface area contributed by atoms with Crippen LogP contribution in [0.15, 0.2) is 0 Å². The summed E-state index contributed by atoms with van der Waals surface area (Å²) in [5.41, 5.74) is -1.17. The number of rotatable bonds is 6. The molecule has 2 rings (SSSR count). The molecule has 0 aromatic carbocycles. The summed E-state index contributed by atoms with van der Waals surface area (Å²) >= 11 is 0. The first kappa shape index (κ1) is 19.3. The maximum Gasteiger partial charge on any atom is 0.312 e. The zero-order valence-electron chi connectivity index (χ0n) is 16.2. The number of ether oxygens (including phenoxy) is 2. The molecule has 5 atom stereocenters.